The standard InChI is InChI=1S/C31H37N3O2/c1-24-22-28(15-18-32-24)27-13-11-26(12-14-27)25(2)34-21-17-31(36-23-34,29-8-4-3-5-9-29)16-7-20-33-19-6-10-30(33)35/h3-5,8-9,11-15,18,22,25H,6-7,10,16-17,19-21,23H2,1-2H3/t25-,31+/m0/s1. The van der Waals surface area contributed by atoms with Gasteiger partial charge in [-0.2, -0.15) is 0 Å². The van der Waals surface area contributed by atoms with E-state index in [9.17, 15) is 4.79 Å². The zero-order valence-electron chi connectivity index (χ0n) is 21.5. The van der Waals surface area contributed by atoms with Crippen molar-refractivity contribution in [2.24, 2.45) is 0 Å². The van der Waals surface area contributed by atoms with Gasteiger partial charge in [-0.3, -0.25) is 14.7 Å². The summed E-state index contributed by atoms with van der Waals surface area (Å²) in [7, 11) is 0. The van der Waals surface area contributed by atoms with Crippen molar-refractivity contribution in [1.82, 2.24) is 14.8 Å². The highest BCUT2D eigenvalue weighted by atomic mass is 16.5. The Balaban J connectivity index is 1.24. The Morgan fingerprint density at radius 2 is 1.83 bits per heavy atom. The number of amides is 1. The second kappa shape index (κ2) is 10.9. The SMILES string of the molecule is Cc1cc(-c2ccc([C@H](C)N3CC[C@](CCCN4CCCC4=O)(c4ccccc4)OC3)cc2)ccn1. The molecule has 2 saturated heterocycles. The Morgan fingerprint density at radius 1 is 1.03 bits per heavy atom. The Morgan fingerprint density at radius 3 is 2.50 bits per heavy atom. The van der Waals surface area contributed by atoms with Gasteiger partial charge in [0.25, 0.3) is 0 Å². The van der Waals surface area contributed by atoms with Crippen LogP contribution in [0.15, 0.2) is 72.9 Å². The molecule has 0 spiro atoms. The number of rotatable bonds is 8. The van der Waals surface area contributed by atoms with E-state index < -0.39 is 0 Å². The highest BCUT2D eigenvalue weighted by Crippen LogP contribution is 2.39. The van der Waals surface area contributed by atoms with E-state index in [4.69, 9.17) is 4.74 Å². The third-order valence-electron chi connectivity index (χ3n) is 7.96. The number of benzene rings is 2. The lowest BCUT2D eigenvalue weighted by Crippen LogP contribution is -2.46. The predicted molar refractivity (Wildman–Crippen MR) is 143 cm³/mol. The molecule has 2 aromatic carbocycles. The van der Waals surface area contributed by atoms with Crippen molar-refractivity contribution in [2.75, 3.05) is 26.4 Å². The van der Waals surface area contributed by atoms with Crippen molar-refractivity contribution in [3.63, 3.8) is 0 Å². The first-order valence-corrected chi connectivity index (χ1v) is 13.3. The molecule has 2 aliphatic rings. The van der Waals surface area contributed by atoms with Gasteiger partial charge in [0.2, 0.25) is 5.91 Å². The summed E-state index contributed by atoms with van der Waals surface area (Å²) < 4.78 is 6.72. The molecule has 1 aromatic heterocycles. The quantitative estimate of drug-likeness (QED) is 0.389. The topological polar surface area (TPSA) is 45.7 Å². The molecule has 0 aliphatic carbocycles. The average molecular weight is 484 g/mol. The number of aromatic nitrogens is 1. The molecule has 2 aliphatic heterocycles. The van der Waals surface area contributed by atoms with Crippen LogP contribution in [0.2, 0.25) is 0 Å². The fraction of sp³-hybridized carbons (Fsp3) is 0.419. The van der Waals surface area contributed by atoms with Gasteiger partial charge in [-0.05, 0) is 73.9 Å². The van der Waals surface area contributed by atoms with E-state index in [0.717, 1.165) is 51.0 Å². The van der Waals surface area contributed by atoms with Crippen molar-refractivity contribution in [2.45, 2.75) is 57.6 Å². The fourth-order valence-electron chi connectivity index (χ4n) is 5.67. The largest absolute Gasteiger partial charge is 0.355 e. The molecule has 5 rings (SSSR count). The summed E-state index contributed by atoms with van der Waals surface area (Å²) in [6.45, 7) is 7.61. The molecule has 0 N–H and O–H groups in total. The second-order valence-corrected chi connectivity index (χ2v) is 10.3. The van der Waals surface area contributed by atoms with Crippen LogP contribution >= 0.6 is 0 Å². The molecule has 36 heavy (non-hydrogen) atoms. The summed E-state index contributed by atoms with van der Waals surface area (Å²) >= 11 is 0. The molecule has 2 fully saturated rings. The predicted octanol–water partition coefficient (Wildman–Crippen LogP) is 6.10. The van der Waals surface area contributed by atoms with Crippen LogP contribution in [0.4, 0.5) is 0 Å². The lowest BCUT2D eigenvalue weighted by molar-refractivity contribution is -0.159. The summed E-state index contributed by atoms with van der Waals surface area (Å²) in [5.74, 6) is 0.304. The van der Waals surface area contributed by atoms with Crippen LogP contribution in [-0.2, 0) is 15.1 Å². The zero-order chi connectivity index (χ0) is 25.0. The van der Waals surface area contributed by atoms with Crippen LogP contribution in [0, 0.1) is 6.92 Å². The minimum atomic E-state index is -0.288. The Hall–Kier alpha value is -3.02. The summed E-state index contributed by atoms with van der Waals surface area (Å²) in [5.41, 5.74) is 5.71. The molecule has 0 unspecified atom stereocenters. The molecule has 5 nitrogen and oxygen atoms in total. The maximum atomic E-state index is 12.1. The number of carbonyl (C=O) groups is 1. The molecule has 0 saturated carbocycles. The lowest BCUT2D eigenvalue weighted by Gasteiger charge is -2.44. The number of hydrogen-bond donors (Lipinski definition) is 0. The van der Waals surface area contributed by atoms with Gasteiger partial charge in [0.15, 0.2) is 0 Å². The van der Waals surface area contributed by atoms with Gasteiger partial charge in [-0.15, -0.1) is 0 Å². The molecule has 188 valence electrons. The molecule has 3 aromatic rings. The van der Waals surface area contributed by atoms with Crippen LogP contribution < -0.4 is 0 Å². The summed E-state index contributed by atoms with van der Waals surface area (Å²) in [6.07, 6.45) is 6.42. The Kier molecular flexibility index (Phi) is 7.49. The van der Waals surface area contributed by atoms with Crippen molar-refractivity contribution < 1.29 is 9.53 Å². The number of ether oxygens (including phenoxy) is 1. The number of aryl methyl sites for hydroxylation is 1. The van der Waals surface area contributed by atoms with Crippen molar-refractivity contribution in [1.29, 1.82) is 0 Å². The van der Waals surface area contributed by atoms with Crippen LogP contribution in [0.3, 0.4) is 0 Å². The van der Waals surface area contributed by atoms with Gasteiger partial charge >= 0.3 is 0 Å². The van der Waals surface area contributed by atoms with E-state index in [0.29, 0.717) is 19.1 Å². The fourth-order valence-corrected chi connectivity index (χ4v) is 5.67. The average Bonchev–Trinajstić information content (AvgIpc) is 3.33. The van der Waals surface area contributed by atoms with Crippen LogP contribution in [0.5, 0.6) is 0 Å². The molecule has 0 bridgehead atoms. The van der Waals surface area contributed by atoms with E-state index in [-0.39, 0.29) is 11.6 Å². The molecule has 3 heterocycles. The van der Waals surface area contributed by atoms with Gasteiger partial charge in [0.1, 0.15) is 6.73 Å². The minimum absolute atomic E-state index is 0.272. The normalized spacial score (nSPS) is 21.6. The van der Waals surface area contributed by atoms with Crippen LogP contribution in [0.25, 0.3) is 11.1 Å². The second-order valence-electron chi connectivity index (χ2n) is 10.3. The highest BCUT2D eigenvalue weighted by Gasteiger charge is 2.38. The van der Waals surface area contributed by atoms with Gasteiger partial charge in [-0.1, -0.05) is 54.6 Å². The number of carbonyl (C=O) groups excluding carboxylic acids is 1. The van der Waals surface area contributed by atoms with Crippen LogP contribution in [0.1, 0.15) is 61.9 Å². The van der Waals surface area contributed by atoms with E-state index >= 15 is 0 Å². The molecule has 5 heteroatoms. The van der Waals surface area contributed by atoms with E-state index in [2.05, 4.69) is 83.5 Å². The maximum Gasteiger partial charge on any atom is 0.222 e. The smallest absolute Gasteiger partial charge is 0.222 e. The first kappa shape index (κ1) is 24.7. The molecular weight excluding hydrogens is 446 g/mol. The third-order valence-corrected chi connectivity index (χ3v) is 7.96. The lowest BCUT2D eigenvalue weighted by atomic mass is 9.84. The maximum absolute atomic E-state index is 12.1. The zero-order valence-corrected chi connectivity index (χ0v) is 21.5. The number of nitrogens with zero attached hydrogens (tertiary/aromatic N) is 3. The molecular formula is C31H37N3O2. The van der Waals surface area contributed by atoms with Gasteiger partial charge < -0.3 is 9.64 Å². The van der Waals surface area contributed by atoms with Crippen molar-refractivity contribution in [3.8, 4) is 11.1 Å². The number of likely N-dealkylation sites (tertiary alicyclic amines) is 1. The summed E-state index contributed by atoms with van der Waals surface area (Å²) in [6, 6.07) is 24.0. The number of hydrogen-bond acceptors (Lipinski definition) is 4. The Bertz CT molecular complexity index is 1150. The first-order valence-electron chi connectivity index (χ1n) is 13.3. The first-order chi connectivity index (χ1) is 17.5. The van der Waals surface area contributed by atoms with E-state index in [1.54, 1.807) is 0 Å². The summed E-state index contributed by atoms with van der Waals surface area (Å²) in [4.78, 5) is 20.8. The van der Waals surface area contributed by atoms with Crippen LogP contribution in [-0.4, -0.2) is 47.1 Å². The van der Waals surface area contributed by atoms with E-state index in [1.165, 1.54) is 22.3 Å². The number of pyridine rings is 1. The van der Waals surface area contributed by atoms with Gasteiger partial charge in [0, 0.05) is 44.0 Å². The van der Waals surface area contributed by atoms with Gasteiger partial charge in [0.05, 0.1) is 5.60 Å². The van der Waals surface area contributed by atoms with E-state index in [1.807, 2.05) is 18.0 Å². The molecule has 0 radical (unpaired) electrons. The monoisotopic (exact) mass is 483 g/mol. The van der Waals surface area contributed by atoms with Crippen molar-refractivity contribution >= 4 is 5.91 Å². The summed E-state index contributed by atoms with van der Waals surface area (Å²) in [5, 5.41) is 0. The van der Waals surface area contributed by atoms with Gasteiger partial charge in [-0.25, -0.2) is 0 Å². The highest BCUT2D eigenvalue weighted by molar-refractivity contribution is 5.78. The Labute approximate surface area is 215 Å². The third kappa shape index (κ3) is 5.37. The minimum Gasteiger partial charge on any atom is -0.355 e. The molecule has 1 amide bonds. The van der Waals surface area contributed by atoms with Crippen molar-refractivity contribution in [3.05, 3.63) is 89.7 Å². The molecule has 2 atom stereocenters.